The first-order valence-electron chi connectivity index (χ1n) is 6.00. The van der Waals surface area contributed by atoms with E-state index < -0.39 is 10.0 Å². The minimum absolute atomic E-state index is 0.150. The van der Waals surface area contributed by atoms with Gasteiger partial charge in [-0.05, 0) is 12.1 Å². The lowest BCUT2D eigenvalue weighted by atomic mass is 10.3. The number of hydrogen-bond donors (Lipinski definition) is 1. The van der Waals surface area contributed by atoms with Crippen molar-refractivity contribution in [2.75, 3.05) is 39.8 Å². The number of hydrogen-bond acceptors (Lipinski definition) is 5. The minimum Gasteiger partial charge on any atom is -0.452 e. The number of furan rings is 1. The molecule has 0 bridgehead atoms. The van der Waals surface area contributed by atoms with Crippen molar-refractivity contribution < 1.29 is 17.6 Å². The van der Waals surface area contributed by atoms with Crippen molar-refractivity contribution in [2.24, 2.45) is 0 Å². The Hall–Kier alpha value is -1.38. The van der Waals surface area contributed by atoms with E-state index in [2.05, 4.69) is 5.32 Å². The van der Waals surface area contributed by atoms with E-state index in [1.54, 1.807) is 4.90 Å². The quantitative estimate of drug-likeness (QED) is 0.794. The number of piperazine rings is 1. The highest BCUT2D eigenvalue weighted by Gasteiger charge is 2.27. The van der Waals surface area contributed by atoms with Gasteiger partial charge in [-0.3, -0.25) is 4.79 Å². The summed E-state index contributed by atoms with van der Waals surface area (Å²) in [7, 11) is -2.35. The number of nitrogens with one attached hydrogen (secondary N) is 1. The first kappa shape index (κ1) is 14.0. The number of likely N-dealkylation sites (N-methyl/N-ethyl adjacent to an activating group) is 1. The topological polar surface area (TPSA) is 82.9 Å². The van der Waals surface area contributed by atoms with E-state index in [1.165, 1.54) is 25.4 Å². The molecule has 8 heteroatoms. The predicted molar refractivity (Wildman–Crippen MR) is 68.0 cm³/mol. The van der Waals surface area contributed by atoms with Gasteiger partial charge in [-0.2, -0.15) is 4.31 Å². The molecule has 1 aromatic rings. The lowest BCUT2D eigenvalue weighted by Gasteiger charge is -2.28. The number of carbonyl (C=O) groups excluding carboxylic acids is 1. The maximum Gasteiger partial charge on any atom is 0.276 e. The van der Waals surface area contributed by atoms with E-state index in [-0.39, 0.29) is 17.5 Å². The molecule has 1 aromatic heterocycles. The van der Waals surface area contributed by atoms with Crippen LogP contribution in [0, 0.1) is 0 Å². The van der Waals surface area contributed by atoms with Crippen LogP contribution in [0.2, 0.25) is 0 Å². The Morgan fingerprint density at radius 2 is 2.16 bits per heavy atom. The average molecular weight is 287 g/mol. The number of amides is 1. The zero-order chi connectivity index (χ0) is 13.9. The summed E-state index contributed by atoms with van der Waals surface area (Å²) in [5, 5.41) is 2.98. The standard InChI is InChI=1S/C11H17N3O4S/c1-13(19(16,17)11-3-2-8-18-11)9-10(15)14-6-4-12-5-7-14/h2-3,8,12H,4-7,9H2,1H3. The van der Waals surface area contributed by atoms with Gasteiger partial charge in [-0.25, -0.2) is 8.42 Å². The van der Waals surface area contributed by atoms with Crippen molar-refractivity contribution in [1.82, 2.24) is 14.5 Å². The zero-order valence-corrected chi connectivity index (χ0v) is 11.5. The molecule has 1 saturated heterocycles. The van der Waals surface area contributed by atoms with Crippen LogP contribution in [0.15, 0.2) is 27.9 Å². The molecule has 0 radical (unpaired) electrons. The van der Waals surface area contributed by atoms with Crippen LogP contribution in [-0.2, 0) is 14.8 Å². The highest BCUT2D eigenvalue weighted by atomic mass is 32.2. The third kappa shape index (κ3) is 3.14. The summed E-state index contributed by atoms with van der Waals surface area (Å²) in [5.74, 6) is -0.195. The Bertz CT molecular complexity index is 520. The van der Waals surface area contributed by atoms with Crippen LogP contribution in [-0.4, -0.2) is 63.3 Å². The van der Waals surface area contributed by atoms with Crippen LogP contribution >= 0.6 is 0 Å². The van der Waals surface area contributed by atoms with Gasteiger partial charge >= 0.3 is 0 Å². The van der Waals surface area contributed by atoms with Gasteiger partial charge in [-0.15, -0.1) is 0 Å². The maximum absolute atomic E-state index is 12.1. The molecule has 0 spiro atoms. The first-order chi connectivity index (χ1) is 9.01. The Morgan fingerprint density at radius 3 is 2.74 bits per heavy atom. The molecule has 7 nitrogen and oxygen atoms in total. The van der Waals surface area contributed by atoms with Crippen LogP contribution in [0.25, 0.3) is 0 Å². The molecular formula is C11H17N3O4S. The van der Waals surface area contributed by atoms with Gasteiger partial charge in [0.1, 0.15) is 0 Å². The van der Waals surface area contributed by atoms with Crippen molar-refractivity contribution in [3.8, 4) is 0 Å². The fraction of sp³-hybridized carbons (Fsp3) is 0.545. The van der Waals surface area contributed by atoms with E-state index in [1.807, 2.05) is 0 Å². The minimum atomic E-state index is -3.73. The molecule has 1 N–H and O–H groups in total. The fourth-order valence-electron chi connectivity index (χ4n) is 1.85. The summed E-state index contributed by atoms with van der Waals surface area (Å²) >= 11 is 0. The normalized spacial score (nSPS) is 16.8. The van der Waals surface area contributed by atoms with Gasteiger partial charge in [0.05, 0.1) is 12.8 Å². The molecule has 0 unspecified atom stereocenters. The van der Waals surface area contributed by atoms with Gasteiger partial charge < -0.3 is 14.6 Å². The van der Waals surface area contributed by atoms with Crippen LogP contribution in [0.3, 0.4) is 0 Å². The first-order valence-corrected chi connectivity index (χ1v) is 7.44. The predicted octanol–water partition coefficient (Wildman–Crippen LogP) is -0.668. The SMILES string of the molecule is CN(CC(=O)N1CCNCC1)S(=O)(=O)c1ccco1. The molecule has 1 fully saturated rings. The van der Waals surface area contributed by atoms with Gasteiger partial charge in [0.15, 0.2) is 0 Å². The third-order valence-electron chi connectivity index (χ3n) is 2.99. The van der Waals surface area contributed by atoms with E-state index in [0.717, 1.165) is 17.4 Å². The molecule has 1 aliphatic heterocycles. The molecule has 1 amide bonds. The van der Waals surface area contributed by atoms with Crippen molar-refractivity contribution in [2.45, 2.75) is 5.09 Å². The molecule has 106 valence electrons. The molecule has 1 aliphatic rings. The second-order valence-electron chi connectivity index (χ2n) is 4.32. The van der Waals surface area contributed by atoms with Crippen LogP contribution in [0.1, 0.15) is 0 Å². The van der Waals surface area contributed by atoms with E-state index in [4.69, 9.17) is 4.42 Å². The monoisotopic (exact) mass is 287 g/mol. The molecule has 0 atom stereocenters. The lowest BCUT2D eigenvalue weighted by Crippen LogP contribution is -2.49. The van der Waals surface area contributed by atoms with Crippen LogP contribution < -0.4 is 5.32 Å². The second-order valence-corrected chi connectivity index (χ2v) is 6.30. The Labute approximate surface area is 112 Å². The number of carbonyl (C=O) groups is 1. The highest BCUT2D eigenvalue weighted by Crippen LogP contribution is 2.14. The highest BCUT2D eigenvalue weighted by molar-refractivity contribution is 7.89. The zero-order valence-electron chi connectivity index (χ0n) is 10.7. The molecule has 2 rings (SSSR count). The van der Waals surface area contributed by atoms with Crippen molar-refractivity contribution in [3.63, 3.8) is 0 Å². The van der Waals surface area contributed by atoms with Gasteiger partial charge in [0.2, 0.25) is 11.0 Å². The number of nitrogens with zero attached hydrogens (tertiary/aromatic N) is 2. The van der Waals surface area contributed by atoms with Crippen molar-refractivity contribution in [1.29, 1.82) is 0 Å². The summed E-state index contributed by atoms with van der Waals surface area (Å²) in [6.45, 7) is 2.50. The molecule has 0 saturated carbocycles. The number of sulfonamides is 1. The van der Waals surface area contributed by atoms with Crippen LogP contribution in [0.5, 0.6) is 0 Å². The van der Waals surface area contributed by atoms with Crippen LogP contribution in [0.4, 0.5) is 0 Å². The van der Waals surface area contributed by atoms with Gasteiger partial charge in [0, 0.05) is 33.2 Å². The maximum atomic E-state index is 12.1. The summed E-state index contributed by atoms with van der Waals surface area (Å²) in [5.41, 5.74) is 0. The summed E-state index contributed by atoms with van der Waals surface area (Å²) < 4.78 is 30.0. The molecular weight excluding hydrogens is 270 g/mol. The molecule has 0 aliphatic carbocycles. The third-order valence-corrected chi connectivity index (χ3v) is 4.68. The lowest BCUT2D eigenvalue weighted by molar-refractivity contribution is -0.131. The second kappa shape index (κ2) is 5.72. The molecule has 2 heterocycles. The largest absolute Gasteiger partial charge is 0.452 e. The Balaban J connectivity index is 2.00. The summed E-state index contributed by atoms with van der Waals surface area (Å²) in [4.78, 5) is 13.6. The van der Waals surface area contributed by atoms with Crippen molar-refractivity contribution >= 4 is 15.9 Å². The Kier molecular flexibility index (Phi) is 4.23. The number of rotatable bonds is 4. The van der Waals surface area contributed by atoms with E-state index in [9.17, 15) is 13.2 Å². The average Bonchev–Trinajstić information content (AvgIpc) is 2.94. The Morgan fingerprint density at radius 1 is 1.47 bits per heavy atom. The summed E-state index contributed by atoms with van der Waals surface area (Å²) in [6, 6.07) is 2.86. The smallest absolute Gasteiger partial charge is 0.276 e. The van der Waals surface area contributed by atoms with E-state index in [0.29, 0.717) is 13.1 Å². The molecule has 0 aromatic carbocycles. The van der Waals surface area contributed by atoms with Gasteiger partial charge in [-0.1, -0.05) is 0 Å². The molecule has 19 heavy (non-hydrogen) atoms. The fourth-order valence-corrected chi connectivity index (χ4v) is 2.87. The van der Waals surface area contributed by atoms with Crippen molar-refractivity contribution in [3.05, 3.63) is 18.4 Å². The van der Waals surface area contributed by atoms with Gasteiger partial charge in [0.25, 0.3) is 10.0 Å². The summed E-state index contributed by atoms with van der Waals surface area (Å²) in [6.07, 6.45) is 1.29. The van der Waals surface area contributed by atoms with E-state index >= 15 is 0 Å².